The van der Waals surface area contributed by atoms with Gasteiger partial charge >= 0.3 is 10.9 Å². The molecule has 0 radical (unpaired) electrons. The van der Waals surface area contributed by atoms with Gasteiger partial charge < -0.3 is 14.1 Å². The van der Waals surface area contributed by atoms with Crippen LogP contribution in [0, 0.1) is 4.84 Å². The summed E-state index contributed by atoms with van der Waals surface area (Å²) < 4.78 is 11.9. The van der Waals surface area contributed by atoms with Gasteiger partial charge in [-0.25, -0.2) is 9.78 Å². The first-order valence-electron chi connectivity index (χ1n) is 8.96. The summed E-state index contributed by atoms with van der Waals surface area (Å²) in [5.74, 6) is 0.441. The van der Waals surface area contributed by atoms with Gasteiger partial charge in [0.25, 0.3) is 0 Å². The van der Waals surface area contributed by atoms with Crippen molar-refractivity contribution in [2.24, 2.45) is 12.2 Å². The van der Waals surface area contributed by atoms with E-state index in [0.717, 1.165) is 5.56 Å². The Labute approximate surface area is 182 Å². The van der Waals surface area contributed by atoms with Gasteiger partial charge in [-0.05, 0) is 33.0 Å². The van der Waals surface area contributed by atoms with Crippen molar-refractivity contribution in [3.8, 4) is 0 Å². The van der Waals surface area contributed by atoms with Crippen LogP contribution in [0.1, 0.15) is 37.9 Å². The molecule has 0 aliphatic heterocycles. The molecule has 1 amide bonds. The Morgan fingerprint density at radius 3 is 2.67 bits per heavy atom. The van der Waals surface area contributed by atoms with E-state index >= 15 is 0 Å². The summed E-state index contributed by atoms with van der Waals surface area (Å²) in [4.78, 5) is 26.0. The van der Waals surface area contributed by atoms with Crippen LogP contribution >= 0.6 is 23.6 Å². The van der Waals surface area contributed by atoms with Crippen LogP contribution in [-0.4, -0.2) is 32.1 Å². The van der Waals surface area contributed by atoms with Crippen molar-refractivity contribution >= 4 is 40.5 Å². The minimum atomic E-state index is -0.585. The number of hydrogen-bond acceptors (Lipinski definition) is 9. The van der Waals surface area contributed by atoms with Crippen LogP contribution in [0.2, 0.25) is 0 Å². The SMILES string of the molecule is Cn1oc(=S)nc1/C(=N/OCc1csc(NC(=O)OC(C)(C)C)n1)c1ccccc1. The second-order valence-electron chi connectivity index (χ2n) is 7.14. The molecule has 0 saturated carbocycles. The lowest BCUT2D eigenvalue weighted by atomic mass is 10.1. The number of aromatic nitrogens is 3. The Hall–Kier alpha value is -3.05. The van der Waals surface area contributed by atoms with Gasteiger partial charge in [-0.3, -0.25) is 5.32 Å². The van der Waals surface area contributed by atoms with Crippen LogP contribution in [-0.2, 0) is 23.2 Å². The average Bonchev–Trinajstić information content (AvgIpc) is 3.23. The van der Waals surface area contributed by atoms with E-state index < -0.39 is 11.7 Å². The number of nitrogens with one attached hydrogen (secondary N) is 1. The largest absolute Gasteiger partial charge is 0.444 e. The van der Waals surface area contributed by atoms with Gasteiger partial charge in [0.05, 0.1) is 5.69 Å². The molecule has 2 heterocycles. The van der Waals surface area contributed by atoms with Crippen LogP contribution in [0.15, 0.2) is 45.4 Å². The molecule has 1 aromatic carbocycles. The number of carbonyl (C=O) groups excluding carboxylic acids is 1. The fourth-order valence-electron chi connectivity index (χ4n) is 2.34. The molecule has 1 N–H and O–H groups in total. The van der Waals surface area contributed by atoms with E-state index in [-0.39, 0.29) is 11.4 Å². The quantitative estimate of drug-likeness (QED) is 0.337. The third-order valence-corrected chi connectivity index (χ3v) is 4.47. The molecule has 0 spiro atoms. The van der Waals surface area contributed by atoms with Crippen LogP contribution in [0.5, 0.6) is 0 Å². The van der Waals surface area contributed by atoms with Gasteiger partial charge in [0, 0.05) is 18.0 Å². The number of thiazole rings is 1. The summed E-state index contributed by atoms with van der Waals surface area (Å²) in [6.45, 7) is 5.48. The smallest absolute Gasteiger partial charge is 0.413 e. The van der Waals surface area contributed by atoms with E-state index in [0.29, 0.717) is 22.4 Å². The van der Waals surface area contributed by atoms with E-state index in [4.69, 9.17) is 26.3 Å². The minimum Gasteiger partial charge on any atom is -0.444 e. The van der Waals surface area contributed by atoms with Crippen molar-refractivity contribution in [3.63, 3.8) is 0 Å². The first-order chi connectivity index (χ1) is 14.2. The number of rotatable bonds is 6. The van der Waals surface area contributed by atoms with Crippen molar-refractivity contribution in [2.45, 2.75) is 33.0 Å². The molecule has 0 aliphatic carbocycles. The summed E-state index contributed by atoms with van der Waals surface area (Å²) in [6, 6.07) is 9.43. The van der Waals surface area contributed by atoms with Crippen LogP contribution in [0.25, 0.3) is 0 Å². The summed E-state index contributed by atoms with van der Waals surface area (Å²) in [5, 5.41) is 9.01. The molecule has 0 fully saturated rings. The standard InChI is InChI=1S/C19H21N5O4S2/c1-19(2,3)27-17(25)22-16-20-13(11-30-16)10-26-23-14(12-8-6-5-7-9-12)15-21-18(29)28-24(15)4/h5-9,11H,10H2,1-4H3,(H,20,22,25)/b23-14+. The van der Waals surface area contributed by atoms with Crippen molar-refractivity contribution in [2.75, 3.05) is 5.32 Å². The van der Waals surface area contributed by atoms with Crippen molar-refractivity contribution in [1.29, 1.82) is 0 Å². The topological polar surface area (TPSA) is 104 Å². The highest BCUT2D eigenvalue weighted by molar-refractivity contribution is 7.71. The van der Waals surface area contributed by atoms with Crippen molar-refractivity contribution in [3.05, 3.63) is 57.6 Å². The summed E-state index contributed by atoms with van der Waals surface area (Å²) in [5.41, 5.74) is 1.29. The monoisotopic (exact) mass is 447 g/mol. The van der Waals surface area contributed by atoms with Gasteiger partial charge in [0.15, 0.2) is 23.3 Å². The number of oxime groups is 1. The van der Waals surface area contributed by atoms with Crippen LogP contribution in [0.4, 0.5) is 9.93 Å². The highest BCUT2D eigenvalue weighted by Crippen LogP contribution is 2.18. The van der Waals surface area contributed by atoms with Crippen molar-refractivity contribution in [1.82, 2.24) is 14.7 Å². The van der Waals surface area contributed by atoms with E-state index in [1.165, 1.54) is 16.1 Å². The summed E-state index contributed by atoms with van der Waals surface area (Å²) >= 11 is 6.27. The Bertz CT molecular complexity index is 1100. The fourth-order valence-corrected chi connectivity index (χ4v) is 3.22. The second-order valence-corrected chi connectivity index (χ2v) is 8.35. The zero-order chi connectivity index (χ0) is 21.7. The maximum atomic E-state index is 11.8. The van der Waals surface area contributed by atoms with Crippen LogP contribution in [0.3, 0.4) is 0 Å². The van der Waals surface area contributed by atoms with Gasteiger partial charge in [0.1, 0.15) is 5.60 Å². The number of nitrogens with zero attached hydrogens (tertiary/aromatic N) is 4. The number of ether oxygens (including phenoxy) is 1. The number of hydrogen-bond donors (Lipinski definition) is 1. The lowest BCUT2D eigenvalue weighted by molar-refractivity contribution is 0.0635. The molecular weight excluding hydrogens is 426 g/mol. The van der Waals surface area contributed by atoms with E-state index in [1.54, 1.807) is 33.2 Å². The second kappa shape index (κ2) is 9.18. The van der Waals surface area contributed by atoms with Crippen molar-refractivity contribution < 1.29 is 18.9 Å². The zero-order valence-electron chi connectivity index (χ0n) is 16.9. The van der Waals surface area contributed by atoms with Gasteiger partial charge in [-0.1, -0.05) is 35.5 Å². The summed E-state index contributed by atoms with van der Waals surface area (Å²) in [6.07, 6.45) is -0.563. The van der Waals surface area contributed by atoms with Gasteiger partial charge in [-0.15, -0.1) is 11.3 Å². The molecule has 0 atom stereocenters. The maximum Gasteiger partial charge on any atom is 0.413 e. The molecular formula is C19H21N5O4S2. The summed E-state index contributed by atoms with van der Waals surface area (Å²) in [7, 11) is 1.69. The molecule has 0 unspecified atom stereocenters. The lowest BCUT2D eigenvalue weighted by Gasteiger charge is -2.18. The van der Waals surface area contributed by atoms with Gasteiger partial charge in [-0.2, -0.15) is 9.72 Å². The predicted octanol–water partition coefficient (Wildman–Crippen LogP) is 4.52. The molecule has 11 heteroatoms. The fraction of sp³-hybridized carbons (Fsp3) is 0.316. The Morgan fingerprint density at radius 1 is 1.30 bits per heavy atom. The third-order valence-electron chi connectivity index (χ3n) is 3.50. The lowest BCUT2D eigenvalue weighted by Crippen LogP contribution is -2.27. The molecule has 2 aromatic heterocycles. The van der Waals surface area contributed by atoms with Gasteiger partial charge in [0.2, 0.25) is 0 Å². The first-order valence-corrected chi connectivity index (χ1v) is 10.2. The van der Waals surface area contributed by atoms with E-state index in [2.05, 4.69) is 20.4 Å². The maximum absolute atomic E-state index is 11.8. The minimum absolute atomic E-state index is 0.102. The molecule has 9 nitrogen and oxygen atoms in total. The molecule has 3 rings (SSSR count). The third kappa shape index (κ3) is 5.97. The predicted molar refractivity (Wildman–Crippen MR) is 115 cm³/mol. The molecule has 0 bridgehead atoms. The Balaban J connectivity index is 1.70. The highest BCUT2D eigenvalue weighted by Gasteiger charge is 2.18. The zero-order valence-corrected chi connectivity index (χ0v) is 18.5. The Morgan fingerprint density at radius 2 is 2.03 bits per heavy atom. The van der Waals surface area contributed by atoms with Crippen LogP contribution < -0.4 is 5.32 Å². The molecule has 0 saturated heterocycles. The molecule has 30 heavy (non-hydrogen) atoms. The molecule has 0 aliphatic rings. The Kier molecular flexibility index (Phi) is 6.63. The first kappa shape index (κ1) is 21.7. The number of amides is 1. The average molecular weight is 448 g/mol. The number of carbonyl (C=O) groups is 1. The molecule has 3 aromatic rings. The van der Waals surface area contributed by atoms with E-state index in [1.807, 2.05) is 30.3 Å². The number of anilines is 1. The van der Waals surface area contributed by atoms with E-state index in [9.17, 15) is 4.79 Å². The normalized spacial score (nSPS) is 11.9. The number of benzene rings is 1. The number of aryl methyl sites for hydroxylation is 1. The highest BCUT2D eigenvalue weighted by atomic mass is 32.1. The molecule has 158 valence electrons.